The molecule has 4 nitrogen and oxygen atoms in total. The van der Waals surface area contributed by atoms with Crippen molar-refractivity contribution in [1.82, 2.24) is 0 Å². The molecule has 4 heteroatoms. The van der Waals surface area contributed by atoms with Crippen molar-refractivity contribution in [2.75, 3.05) is 13.2 Å². The fourth-order valence-electron chi connectivity index (χ4n) is 1.19. The highest BCUT2D eigenvalue weighted by Crippen LogP contribution is 2.12. The Morgan fingerprint density at radius 2 is 1.80 bits per heavy atom. The zero-order valence-corrected chi connectivity index (χ0v) is 9.56. The first-order valence-electron chi connectivity index (χ1n) is 5.11. The lowest BCUT2D eigenvalue weighted by Gasteiger charge is -2.11. The van der Waals surface area contributed by atoms with Crippen molar-refractivity contribution in [3.63, 3.8) is 0 Å². The molecule has 0 spiro atoms. The summed E-state index contributed by atoms with van der Waals surface area (Å²) in [6.07, 6.45) is 1.89. The van der Waals surface area contributed by atoms with E-state index in [1.807, 2.05) is 13.8 Å². The normalized spacial score (nSPS) is 12.4. The van der Waals surface area contributed by atoms with E-state index in [0.29, 0.717) is 11.5 Å². The highest BCUT2D eigenvalue weighted by atomic mass is 16.5. The summed E-state index contributed by atoms with van der Waals surface area (Å²) in [7, 11) is 0. The van der Waals surface area contributed by atoms with Crippen LogP contribution in [-0.2, 0) is 9.53 Å². The smallest absolute Gasteiger partial charge is 0.313 e. The van der Waals surface area contributed by atoms with Crippen molar-refractivity contribution < 1.29 is 19.7 Å². The lowest BCUT2D eigenvalue weighted by Crippen LogP contribution is -2.15. The molecule has 88 valence electrons. The Labute approximate surface area is 90.6 Å². The molecule has 0 heterocycles. The SMILES string of the molecule is CC(C)CC(C)C(=O)OC=C(CO)CO. The predicted molar refractivity (Wildman–Crippen MR) is 57.0 cm³/mol. The molecule has 0 aromatic rings. The summed E-state index contributed by atoms with van der Waals surface area (Å²) < 4.78 is 4.83. The molecule has 0 aliphatic heterocycles. The zero-order chi connectivity index (χ0) is 11.8. The van der Waals surface area contributed by atoms with Crippen molar-refractivity contribution in [2.24, 2.45) is 11.8 Å². The Morgan fingerprint density at radius 3 is 2.20 bits per heavy atom. The summed E-state index contributed by atoms with van der Waals surface area (Å²) >= 11 is 0. The van der Waals surface area contributed by atoms with E-state index in [1.54, 1.807) is 6.92 Å². The largest absolute Gasteiger partial charge is 0.434 e. The Bertz CT molecular complexity index is 215. The van der Waals surface area contributed by atoms with Gasteiger partial charge in [0.05, 0.1) is 25.4 Å². The summed E-state index contributed by atoms with van der Waals surface area (Å²) in [5, 5.41) is 17.4. The Balaban J connectivity index is 4.07. The van der Waals surface area contributed by atoms with Crippen molar-refractivity contribution in [3.05, 3.63) is 11.8 Å². The zero-order valence-electron chi connectivity index (χ0n) is 9.56. The van der Waals surface area contributed by atoms with Gasteiger partial charge in [-0.25, -0.2) is 0 Å². The van der Waals surface area contributed by atoms with E-state index in [0.717, 1.165) is 12.7 Å². The molecule has 1 atom stereocenters. The second kappa shape index (κ2) is 7.43. The Morgan fingerprint density at radius 1 is 1.27 bits per heavy atom. The number of carbonyl (C=O) groups is 1. The minimum atomic E-state index is -0.330. The number of rotatable bonds is 6. The van der Waals surface area contributed by atoms with Crippen LogP contribution in [0.5, 0.6) is 0 Å². The highest BCUT2D eigenvalue weighted by Gasteiger charge is 2.15. The van der Waals surface area contributed by atoms with Crippen LogP contribution in [-0.4, -0.2) is 29.4 Å². The van der Waals surface area contributed by atoms with Gasteiger partial charge in [-0.1, -0.05) is 20.8 Å². The highest BCUT2D eigenvalue weighted by molar-refractivity contribution is 5.72. The molecule has 1 unspecified atom stereocenters. The predicted octanol–water partition coefficient (Wildman–Crippen LogP) is 1.08. The Kier molecular flexibility index (Phi) is 6.99. The van der Waals surface area contributed by atoms with Crippen molar-refractivity contribution in [2.45, 2.75) is 27.2 Å². The molecule has 0 aromatic heterocycles. The maximum Gasteiger partial charge on any atom is 0.313 e. The van der Waals surface area contributed by atoms with Gasteiger partial charge in [-0.05, 0) is 12.3 Å². The summed E-state index contributed by atoms with van der Waals surface area (Å²) in [6, 6.07) is 0. The van der Waals surface area contributed by atoms with Gasteiger partial charge in [0, 0.05) is 5.57 Å². The maximum absolute atomic E-state index is 11.4. The van der Waals surface area contributed by atoms with Crippen LogP contribution in [0.4, 0.5) is 0 Å². The van der Waals surface area contributed by atoms with E-state index >= 15 is 0 Å². The van der Waals surface area contributed by atoms with Crippen LogP contribution in [0.1, 0.15) is 27.2 Å². The van der Waals surface area contributed by atoms with Crippen LogP contribution >= 0.6 is 0 Å². The Hall–Kier alpha value is -0.870. The number of carbonyl (C=O) groups excluding carboxylic acids is 1. The standard InChI is InChI=1S/C11H20O4/c1-8(2)4-9(3)11(14)15-7-10(5-12)6-13/h7-9,12-13H,4-6H2,1-3H3. The first kappa shape index (κ1) is 14.1. The summed E-state index contributed by atoms with van der Waals surface area (Å²) in [5.74, 6) is -0.0605. The second-order valence-corrected chi connectivity index (χ2v) is 4.06. The molecule has 0 rings (SSSR count). The molecule has 2 N–H and O–H groups in total. The van der Waals surface area contributed by atoms with Crippen LogP contribution in [0.15, 0.2) is 11.8 Å². The molecule has 0 fully saturated rings. The monoisotopic (exact) mass is 216 g/mol. The van der Waals surface area contributed by atoms with Gasteiger partial charge >= 0.3 is 5.97 Å². The van der Waals surface area contributed by atoms with E-state index in [2.05, 4.69) is 0 Å². The van der Waals surface area contributed by atoms with Crippen LogP contribution in [0.25, 0.3) is 0 Å². The van der Waals surface area contributed by atoms with Crippen LogP contribution in [0.3, 0.4) is 0 Å². The number of aliphatic hydroxyl groups is 2. The van der Waals surface area contributed by atoms with Gasteiger partial charge in [0.2, 0.25) is 0 Å². The first-order chi connectivity index (χ1) is 7.01. The third kappa shape index (κ3) is 6.25. The van der Waals surface area contributed by atoms with Gasteiger partial charge in [-0.3, -0.25) is 4.79 Å². The summed E-state index contributed by atoms with van der Waals surface area (Å²) in [4.78, 5) is 11.4. The van der Waals surface area contributed by atoms with Gasteiger partial charge < -0.3 is 14.9 Å². The molecule has 0 aromatic carbocycles. The van der Waals surface area contributed by atoms with Crippen molar-refractivity contribution in [3.8, 4) is 0 Å². The van der Waals surface area contributed by atoms with E-state index in [1.165, 1.54) is 0 Å². The average Bonchev–Trinajstić information content (AvgIpc) is 2.18. The molecule has 0 amide bonds. The lowest BCUT2D eigenvalue weighted by molar-refractivity contribution is -0.142. The molecule has 0 saturated heterocycles. The van der Waals surface area contributed by atoms with Crippen LogP contribution in [0, 0.1) is 11.8 Å². The molecular formula is C11H20O4. The fourth-order valence-corrected chi connectivity index (χ4v) is 1.19. The third-order valence-electron chi connectivity index (χ3n) is 1.98. The van der Waals surface area contributed by atoms with Gasteiger partial charge in [-0.2, -0.15) is 0 Å². The molecule has 0 radical (unpaired) electrons. The molecule has 0 bridgehead atoms. The second-order valence-electron chi connectivity index (χ2n) is 4.06. The molecule has 15 heavy (non-hydrogen) atoms. The van der Waals surface area contributed by atoms with Crippen molar-refractivity contribution >= 4 is 5.97 Å². The summed E-state index contributed by atoms with van der Waals surface area (Å²) in [6.45, 7) is 5.26. The number of hydrogen-bond donors (Lipinski definition) is 2. The number of esters is 1. The minimum absolute atomic E-state index is 0.167. The first-order valence-corrected chi connectivity index (χ1v) is 5.11. The summed E-state index contributed by atoms with van der Waals surface area (Å²) in [5.41, 5.74) is 0.292. The minimum Gasteiger partial charge on any atom is -0.434 e. The number of ether oxygens (including phenoxy) is 1. The van der Waals surface area contributed by atoms with Gasteiger partial charge in [-0.15, -0.1) is 0 Å². The van der Waals surface area contributed by atoms with E-state index in [-0.39, 0.29) is 25.1 Å². The molecule has 0 aliphatic carbocycles. The fraction of sp³-hybridized carbons (Fsp3) is 0.727. The number of hydrogen-bond acceptors (Lipinski definition) is 4. The van der Waals surface area contributed by atoms with Gasteiger partial charge in [0.15, 0.2) is 0 Å². The van der Waals surface area contributed by atoms with E-state index in [4.69, 9.17) is 14.9 Å². The van der Waals surface area contributed by atoms with Crippen LogP contribution < -0.4 is 0 Å². The average molecular weight is 216 g/mol. The van der Waals surface area contributed by atoms with E-state index < -0.39 is 0 Å². The van der Waals surface area contributed by atoms with E-state index in [9.17, 15) is 4.79 Å². The van der Waals surface area contributed by atoms with Crippen molar-refractivity contribution in [1.29, 1.82) is 0 Å². The quantitative estimate of drug-likeness (QED) is 0.515. The molecule has 0 saturated carbocycles. The topological polar surface area (TPSA) is 66.8 Å². The third-order valence-corrected chi connectivity index (χ3v) is 1.98. The van der Waals surface area contributed by atoms with Gasteiger partial charge in [0.1, 0.15) is 0 Å². The van der Waals surface area contributed by atoms with Crippen LogP contribution in [0.2, 0.25) is 0 Å². The molecular weight excluding hydrogens is 196 g/mol. The van der Waals surface area contributed by atoms with Gasteiger partial charge in [0.25, 0.3) is 0 Å². The molecule has 0 aliphatic rings. The maximum atomic E-state index is 11.4. The lowest BCUT2D eigenvalue weighted by atomic mass is 9.99. The number of aliphatic hydroxyl groups excluding tert-OH is 2.